The van der Waals surface area contributed by atoms with Crippen LogP contribution < -0.4 is 15.0 Å². The van der Waals surface area contributed by atoms with Crippen LogP contribution in [0.15, 0.2) is 67.0 Å². The number of hydrogen-bond acceptors (Lipinski definition) is 4. The van der Waals surface area contributed by atoms with Crippen molar-refractivity contribution in [1.29, 1.82) is 0 Å². The molecular weight excluding hydrogens is 478 g/mol. The highest BCUT2D eigenvalue weighted by atomic mass is 35.5. The molecule has 6 nitrogen and oxygen atoms in total. The van der Waals surface area contributed by atoms with E-state index in [9.17, 15) is 0 Å². The number of ether oxygens (including phenoxy) is 1. The Morgan fingerprint density at radius 2 is 1.86 bits per heavy atom. The van der Waals surface area contributed by atoms with E-state index >= 15 is 0 Å². The number of pyridine rings is 2. The van der Waals surface area contributed by atoms with E-state index < -0.39 is 0 Å². The summed E-state index contributed by atoms with van der Waals surface area (Å²) in [4.78, 5) is 11.5. The number of thiocarbonyl (C=S) groups is 1. The molecule has 1 aliphatic rings. The van der Waals surface area contributed by atoms with Crippen LogP contribution in [0.3, 0.4) is 0 Å². The van der Waals surface area contributed by atoms with Crippen molar-refractivity contribution in [3.8, 4) is 11.6 Å². The van der Waals surface area contributed by atoms with Crippen LogP contribution in [0.5, 0.6) is 5.75 Å². The summed E-state index contributed by atoms with van der Waals surface area (Å²) in [5.41, 5.74) is 6.26. The number of anilines is 1. The van der Waals surface area contributed by atoms with Gasteiger partial charge in [0.15, 0.2) is 5.11 Å². The second-order valence-corrected chi connectivity index (χ2v) is 9.46. The predicted molar refractivity (Wildman–Crippen MR) is 144 cm³/mol. The summed E-state index contributed by atoms with van der Waals surface area (Å²) < 4.78 is 7.55. The summed E-state index contributed by atoms with van der Waals surface area (Å²) in [6, 6.07) is 17.7. The maximum Gasteiger partial charge on any atom is 0.174 e. The van der Waals surface area contributed by atoms with E-state index in [2.05, 4.69) is 50.7 Å². The van der Waals surface area contributed by atoms with Crippen molar-refractivity contribution in [2.24, 2.45) is 0 Å². The van der Waals surface area contributed by atoms with Crippen molar-refractivity contribution in [2.75, 3.05) is 12.0 Å². The third kappa shape index (κ3) is 4.15. The van der Waals surface area contributed by atoms with Gasteiger partial charge in [0, 0.05) is 29.5 Å². The first kappa shape index (κ1) is 23.3. The molecule has 1 saturated heterocycles. The number of aromatic nitrogens is 3. The SMILES string of the molecule is COc1ccc(N2C(=S)N[C@H](c3ccccn3)[C@@H]2c2cc(C)n(-c3ccc(C)cn3)c2C)cc1Cl. The molecule has 5 rings (SSSR count). The summed E-state index contributed by atoms with van der Waals surface area (Å²) in [6.45, 7) is 6.26. The van der Waals surface area contributed by atoms with E-state index in [1.807, 2.05) is 61.8 Å². The first-order valence-corrected chi connectivity index (χ1v) is 12.1. The lowest BCUT2D eigenvalue weighted by molar-refractivity contribution is 0.415. The van der Waals surface area contributed by atoms with E-state index in [0.29, 0.717) is 15.9 Å². The third-order valence-corrected chi connectivity index (χ3v) is 7.04. The Bertz CT molecular complexity index is 1390. The Morgan fingerprint density at radius 1 is 1.03 bits per heavy atom. The number of hydrogen-bond donors (Lipinski definition) is 1. The maximum absolute atomic E-state index is 6.52. The monoisotopic (exact) mass is 503 g/mol. The molecule has 178 valence electrons. The fourth-order valence-electron chi connectivity index (χ4n) is 4.79. The molecule has 3 aromatic heterocycles. The van der Waals surface area contributed by atoms with Crippen LogP contribution >= 0.6 is 23.8 Å². The highest BCUT2D eigenvalue weighted by Crippen LogP contribution is 2.44. The molecule has 1 aliphatic heterocycles. The number of nitrogens with one attached hydrogen (secondary N) is 1. The number of nitrogens with zero attached hydrogens (tertiary/aromatic N) is 4. The van der Waals surface area contributed by atoms with Crippen LogP contribution in [-0.2, 0) is 0 Å². The molecule has 0 radical (unpaired) electrons. The van der Waals surface area contributed by atoms with E-state index in [1.165, 1.54) is 0 Å². The van der Waals surface area contributed by atoms with Gasteiger partial charge >= 0.3 is 0 Å². The standard InChI is InChI=1S/C27H26ClN5OS/c1-16-8-11-24(30-15-16)32-17(2)13-20(18(32)3)26-25(22-7-5-6-12-29-22)31-27(35)33(26)19-9-10-23(34-4)21(28)14-19/h5-15,25-26H,1-4H3,(H,31,35)/t25-,26+/m1/s1. The highest BCUT2D eigenvalue weighted by molar-refractivity contribution is 7.80. The van der Waals surface area contributed by atoms with Gasteiger partial charge in [-0.25, -0.2) is 4.98 Å². The minimum absolute atomic E-state index is 0.146. The normalized spacial score (nSPS) is 17.5. The second-order valence-electron chi connectivity index (χ2n) is 8.67. The average molecular weight is 504 g/mol. The van der Waals surface area contributed by atoms with Gasteiger partial charge in [-0.05, 0) is 86.6 Å². The molecule has 8 heteroatoms. The molecule has 4 aromatic rings. The van der Waals surface area contributed by atoms with E-state index in [4.69, 9.17) is 28.6 Å². The van der Waals surface area contributed by atoms with Crippen LogP contribution in [0.4, 0.5) is 5.69 Å². The molecule has 0 amide bonds. The lowest BCUT2D eigenvalue weighted by atomic mass is 9.96. The number of methoxy groups -OCH3 is 1. The molecule has 0 bridgehead atoms. The zero-order valence-electron chi connectivity index (χ0n) is 20.0. The van der Waals surface area contributed by atoms with Crippen molar-refractivity contribution in [3.05, 3.63) is 100 Å². The molecule has 35 heavy (non-hydrogen) atoms. The number of aryl methyl sites for hydroxylation is 2. The van der Waals surface area contributed by atoms with Crippen LogP contribution in [0.25, 0.3) is 5.82 Å². The van der Waals surface area contributed by atoms with Gasteiger partial charge in [-0.2, -0.15) is 0 Å². The molecule has 0 aliphatic carbocycles. The smallest absolute Gasteiger partial charge is 0.174 e. The molecule has 0 saturated carbocycles. The van der Waals surface area contributed by atoms with Crippen molar-refractivity contribution < 1.29 is 4.74 Å². The lowest BCUT2D eigenvalue weighted by Crippen LogP contribution is -2.29. The Balaban J connectivity index is 1.67. The van der Waals surface area contributed by atoms with Crippen molar-refractivity contribution >= 4 is 34.6 Å². The quantitative estimate of drug-likeness (QED) is 0.335. The van der Waals surface area contributed by atoms with Gasteiger partial charge in [0.2, 0.25) is 0 Å². The summed E-state index contributed by atoms with van der Waals surface area (Å²) in [7, 11) is 1.61. The van der Waals surface area contributed by atoms with Crippen molar-refractivity contribution in [1.82, 2.24) is 19.9 Å². The lowest BCUT2D eigenvalue weighted by Gasteiger charge is -2.28. The summed E-state index contributed by atoms with van der Waals surface area (Å²) in [5.74, 6) is 1.51. The van der Waals surface area contributed by atoms with Crippen LogP contribution in [0, 0.1) is 20.8 Å². The zero-order chi connectivity index (χ0) is 24.7. The molecule has 1 aromatic carbocycles. The van der Waals surface area contributed by atoms with Gasteiger partial charge < -0.3 is 19.5 Å². The topological polar surface area (TPSA) is 55.2 Å². The Kier molecular flexibility index (Phi) is 6.21. The summed E-state index contributed by atoms with van der Waals surface area (Å²) >= 11 is 12.4. The van der Waals surface area contributed by atoms with Gasteiger partial charge in [0.25, 0.3) is 0 Å². The predicted octanol–water partition coefficient (Wildman–Crippen LogP) is 6.03. The summed E-state index contributed by atoms with van der Waals surface area (Å²) in [6.07, 6.45) is 3.70. The van der Waals surface area contributed by atoms with Crippen molar-refractivity contribution in [2.45, 2.75) is 32.9 Å². The molecule has 0 spiro atoms. The van der Waals surface area contributed by atoms with Gasteiger partial charge in [0.05, 0.1) is 29.9 Å². The summed E-state index contributed by atoms with van der Waals surface area (Å²) in [5, 5.41) is 4.66. The molecule has 2 atom stereocenters. The zero-order valence-corrected chi connectivity index (χ0v) is 21.6. The molecule has 1 N–H and O–H groups in total. The second kappa shape index (κ2) is 9.32. The Labute approximate surface area is 215 Å². The van der Waals surface area contributed by atoms with Crippen LogP contribution in [0.1, 0.15) is 40.3 Å². The van der Waals surface area contributed by atoms with Gasteiger partial charge in [0.1, 0.15) is 11.6 Å². The molecule has 1 fully saturated rings. The number of rotatable bonds is 5. The van der Waals surface area contributed by atoms with Crippen LogP contribution in [0.2, 0.25) is 5.02 Å². The third-order valence-electron chi connectivity index (χ3n) is 6.43. The van der Waals surface area contributed by atoms with E-state index in [0.717, 1.165) is 39.7 Å². The van der Waals surface area contributed by atoms with E-state index in [-0.39, 0.29) is 12.1 Å². The minimum Gasteiger partial charge on any atom is -0.495 e. The number of benzene rings is 1. The van der Waals surface area contributed by atoms with Gasteiger partial charge in [-0.3, -0.25) is 4.98 Å². The minimum atomic E-state index is -0.149. The van der Waals surface area contributed by atoms with Gasteiger partial charge in [-0.15, -0.1) is 0 Å². The molecule has 0 unspecified atom stereocenters. The fourth-order valence-corrected chi connectivity index (χ4v) is 5.38. The number of halogens is 1. The Hall–Kier alpha value is -3.42. The average Bonchev–Trinajstić information content (AvgIpc) is 3.35. The molecule has 4 heterocycles. The molecular formula is C27H26ClN5OS. The van der Waals surface area contributed by atoms with Gasteiger partial charge in [-0.1, -0.05) is 23.7 Å². The van der Waals surface area contributed by atoms with Crippen LogP contribution in [-0.4, -0.2) is 26.8 Å². The first-order valence-electron chi connectivity index (χ1n) is 11.3. The maximum atomic E-state index is 6.52. The van der Waals surface area contributed by atoms with Crippen molar-refractivity contribution in [3.63, 3.8) is 0 Å². The Morgan fingerprint density at radius 3 is 2.51 bits per heavy atom. The van der Waals surface area contributed by atoms with E-state index in [1.54, 1.807) is 7.11 Å². The highest BCUT2D eigenvalue weighted by Gasteiger charge is 2.42. The largest absolute Gasteiger partial charge is 0.495 e. The first-order chi connectivity index (χ1) is 16.9. The fraction of sp³-hybridized carbons (Fsp3) is 0.222.